The Morgan fingerprint density at radius 2 is 1.85 bits per heavy atom. The summed E-state index contributed by atoms with van der Waals surface area (Å²) in [6, 6.07) is 11.1. The highest BCUT2D eigenvalue weighted by Gasteiger charge is 2.26. The molecule has 186 valence electrons. The maximum Gasteiger partial charge on any atom is 0.242 e. The molecule has 11 heteroatoms. The van der Waals surface area contributed by atoms with Gasteiger partial charge in [0.25, 0.3) is 0 Å². The molecule has 34 heavy (non-hydrogen) atoms. The number of halogens is 2. The molecule has 0 radical (unpaired) electrons. The largest absolute Gasteiger partial charge is 0.497 e. The number of carbonyl (C=O) groups is 2. The van der Waals surface area contributed by atoms with Gasteiger partial charge in [-0.3, -0.25) is 13.9 Å². The summed E-state index contributed by atoms with van der Waals surface area (Å²) in [5, 5.41) is 3.13. The average molecular weight is 530 g/mol. The van der Waals surface area contributed by atoms with E-state index >= 15 is 0 Å². The Morgan fingerprint density at radius 3 is 2.47 bits per heavy atom. The number of anilines is 1. The third kappa shape index (κ3) is 7.51. The topological polar surface area (TPSA) is 96.0 Å². The van der Waals surface area contributed by atoms with Crippen LogP contribution in [0.1, 0.15) is 25.3 Å². The molecule has 1 unspecified atom stereocenters. The van der Waals surface area contributed by atoms with Crippen molar-refractivity contribution in [1.29, 1.82) is 0 Å². The van der Waals surface area contributed by atoms with Crippen molar-refractivity contribution in [2.45, 2.75) is 32.4 Å². The third-order valence-corrected chi connectivity index (χ3v) is 6.96. The molecule has 0 aliphatic heterocycles. The lowest BCUT2D eigenvalue weighted by molar-refractivity contribution is -0.140. The van der Waals surface area contributed by atoms with Gasteiger partial charge in [0, 0.05) is 31.6 Å². The van der Waals surface area contributed by atoms with E-state index < -0.39 is 16.1 Å². The van der Waals surface area contributed by atoms with Gasteiger partial charge in [-0.05, 0) is 49.2 Å². The van der Waals surface area contributed by atoms with Crippen LogP contribution in [0.15, 0.2) is 42.5 Å². The van der Waals surface area contributed by atoms with E-state index in [1.807, 2.05) is 6.07 Å². The lowest BCUT2D eigenvalue weighted by atomic mass is 10.1. The van der Waals surface area contributed by atoms with Crippen molar-refractivity contribution in [1.82, 2.24) is 10.2 Å². The Kier molecular flexibility index (Phi) is 10.0. The second-order valence-corrected chi connectivity index (χ2v) is 10.4. The number of carbonyl (C=O) groups excluding carboxylic acids is 2. The second kappa shape index (κ2) is 12.3. The van der Waals surface area contributed by atoms with Crippen LogP contribution in [0.3, 0.4) is 0 Å². The lowest BCUT2D eigenvalue weighted by Gasteiger charge is -2.29. The molecule has 2 rings (SSSR count). The number of likely N-dealkylation sites (N-methyl/N-ethyl adjacent to an activating group) is 1. The summed E-state index contributed by atoms with van der Waals surface area (Å²) in [5.41, 5.74) is 1.04. The minimum Gasteiger partial charge on any atom is -0.497 e. The van der Waals surface area contributed by atoms with Gasteiger partial charge in [0.2, 0.25) is 21.8 Å². The smallest absolute Gasteiger partial charge is 0.242 e. The maximum absolute atomic E-state index is 13.2. The van der Waals surface area contributed by atoms with Gasteiger partial charge in [-0.1, -0.05) is 35.3 Å². The molecular weight excluding hydrogens is 501 g/mol. The summed E-state index contributed by atoms with van der Waals surface area (Å²) < 4.78 is 31.2. The lowest BCUT2D eigenvalue weighted by Crippen LogP contribution is -2.46. The SMILES string of the molecule is CNC(=O)C(C)N(Cc1cccc(OC)c1)C(=O)CCCN(c1cc(Cl)ccc1Cl)S(C)(=O)=O. The molecule has 0 fully saturated rings. The molecule has 1 N–H and O–H groups in total. The Bertz CT molecular complexity index is 1130. The van der Waals surface area contributed by atoms with Crippen LogP contribution in [0.5, 0.6) is 5.75 Å². The first-order valence-electron chi connectivity index (χ1n) is 10.5. The van der Waals surface area contributed by atoms with Crippen LogP contribution < -0.4 is 14.4 Å². The summed E-state index contributed by atoms with van der Waals surface area (Å²) >= 11 is 12.2. The van der Waals surface area contributed by atoms with Crippen molar-refractivity contribution < 1.29 is 22.7 Å². The summed E-state index contributed by atoms with van der Waals surface area (Å²) in [6.45, 7) is 1.86. The Hall–Kier alpha value is -2.49. The van der Waals surface area contributed by atoms with E-state index in [0.717, 1.165) is 16.1 Å². The molecule has 1 atom stereocenters. The molecule has 2 amide bonds. The Morgan fingerprint density at radius 1 is 1.15 bits per heavy atom. The molecule has 0 aliphatic rings. The number of nitrogens with zero attached hydrogens (tertiary/aromatic N) is 2. The summed E-state index contributed by atoms with van der Waals surface area (Å²) in [4.78, 5) is 26.9. The van der Waals surface area contributed by atoms with E-state index in [1.54, 1.807) is 38.3 Å². The highest BCUT2D eigenvalue weighted by atomic mass is 35.5. The molecule has 2 aromatic rings. The minimum absolute atomic E-state index is 0.0198. The average Bonchev–Trinajstić information content (AvgIpc) is 2.80. The highest BCUT2D eigenvalue weighted by Crippen LogP contribution is 2.31. The van der Waals surface area contributed by atoms with E-state index in [0.29, 0.717) is 10.8 Å². The molecule has 0 heterocycles. The molecular formula is C23H29Cl2N3O5S. The molecule has 0 saturated heterocycles. The Balaban J connectivity index is 2.19. The van der Waals surface area contributed by atoms with Crippen LogP contribution in [0.2, 0.25) is 10.0 Å². The predicted octanol–water partition coefficient (Wildman–Crippen LogP) is 3.71. The van der Waals surface area contributed by atoms with Gasteiger partial charge in [-0.25, -0.2) is 8.42 Å². The fourth-order valence-corrected chi connectivity index (χ4v) is 4.82. The minimum atomic E-state index is -3.68. The predicted molar refractivity (Wildman–Crippen MR) is 135 cm³/mol. The van der Waals surface area contributed by atoms with Gasteiger partial charge in [-0.15, -0.1) is 0 Å². The van der Waals surface area contributed by atoms with Crippen LogP contribution in [-0.2, 0) is 26.2 Å². The van der Waals surface area contributed by atoms with Crippen molar-refractivity contribution in [3.05, 3.63) is 58.1 Å². The number of rotatable bonds is 11. The highest BCUT2D eigenvalue weighted by molar-refractivity contribution is 7.92. The van der Waals surface area contributed by atoms with Crippen molar-refractivity contribution in [3.8, 4) is 5.75 Å². The molecule has 0 bridgehead atoms. The van der Waals surface area contributed by atoms with Crippen LogP contribution in [0, 0.1) is 0 Å². The zero-order valence-electron chi connectivity index (χ0n) is 19.5. The van der Waals surface area contributed by atoms with Crippen molar-refractivity contribution in [2.75, 3.05) is 31.3 Å². The summed E-state index contributed by atoms with van der Waals surface area (Å²) in [5.74, 6) is 0.0453. The third-order valence-electron chi connectivity index (χ3n) is 5.23. The van der Waals surface area contributed by atoms with Crippen LogP contribution >= 0.6 is 23.2 Å². The first-order chi connectivity index (χ1) is 16.0. The van der Waals surface area contributed by atoms with E-state index in [-0.39, 0.29) is 48.5 Å². The van der Waals surface area contributed by atoms with E-state index in [1.165, 1.54) is 24.1 Å². The van der Waals surface area contributed by atoms with Crippen LogP contribution in [0.4, 0.5) is 5.69 Å². The van der Waals surface area contributed by atoms with Crippen LogP contribution in [0.25, 0.3) is 0 Å². The van der Waals surface area contributed by atoms with Gasteiger partial charge in [0.1, 0.15) is 11.8 Å². The fourth-order valence-electron chi connectivity index (χ4n) is 3.42. The molecule has 0 saturated carbocycles. The van der Waals surface area contributed by atoms with Crippen molar-refractivity contribution >= 4 is 50.7 Å². The molecule has 0 aromatic heterocycles. The first kappa shape index (κ1) is 27.8. The molecule has 0 aliphatic carbocycles. The van der Waals surface area contributed by atoms with Gasteiger partial charge in [0.15, 0.2) is 0 Å². The maximum atomic E-state index is 13.2. The molecule has 0 spiro atoms. The molecule has 8 nitrogen and oxygen atoms in total. The van der Waals surface area contributed by atoms with E-state index in [4.69, 9.17) is 27.9 Å². The number of amides is 2. The zero-order chi connectivity index (χ0) is 25.5. The van der Waals surface area contributed by atoms with Crippen LogP contribution in [-0.4, -0.2) is 58.1 Å². The number of sulfonamides is 1. The summed E-state index contributed by atoms with van der Waals surface area (Å²) in [7, 11) is -0.622. The Labute approximate surface area is 210 Å². The van der Waals surface area contributed by atoms with Crippen molar-refractivity contribution in [3.63, 3.8) is 0 Å². The van der Waals surface area contributed by atoms with Crippen molar-refractivity contribution in [2.24, 2.45) is 0 Å². The number of methoxy groups -OCH3 is 1. The number of benzene rings is 2. The molecule has 2 aromatic carbocycles. The standard InChI is InChI=1S/C23H29Cl2N3O5S/c1-16(23(30)26-2)27(15-17-7-5-8-19(13-17)33-3)22(29)9-6-12-28(34(4,31)32)21-14-18(24)10-11-20(21)25/h5,7-8,10-11,13-14,16H,6,9,12,15H2,1-4H3,(H,26,30). The van der Waals surface area contributed by atoms with Gasteiger partial charge >= 0.3 is 0 Å². The van der Waals surface area contributed by atoms with E-state index in [9.17, 15) is 18.0 Å². The second-order valence-electron chi connectivity index (χ2n) is 7.70. The fraction of sp³-hybridized carbons (Fsp3) is 0.391. The number of ether oxygens (including phenoxy) is 1. The quantitative estimate of drug-likeness (QED) is 0.478. The number of hydrogen-bond acceptors (Lipinski definition) is 5. The number of hydrogen-bond donors (Lipinski definition) is 1. The normalized spacial score (nSPS) is 12.1. The number of nitrogens with one attached hydrogen (secondary N) is 1. The zero-order valence-corrected chi connectivity index (χ0v) is 21.9. The van der Waals surface area contributed by atoms with Gasteiger partial charge in [0.05, 0.1) is 24.1 Å². The van der Waals surface area contributed by atoms with Gasteiger partial charge in [-0.2, -0.15) is 0 Å². The monoisotopic (exact) mass is 529 g/mol. The van der Waals surface area contributed by atoms with E-state index in [2.05, 4.69) is 5.32 Å². The van der Waals surface area contributed by atoms with Gasteiger partial charge < -0.3 is 15.0 Å². The summed E-state index contributed by atoms with van der Waals surface area (Å²) in [6.07, 6.45) is 1.30. The first-order valence-corrected chi connectivity index (χ1v) is 13.1.